The lowest BCUT2D eigenvalue weighted by atomic mass is 9.88. The van der Waals surface area contributed by atoms with Gasteiger partial charge in [0.15, 0.2) is 14.6 Å². The van der Waals surface area contributed by atoms with E-state index in [1.807, 2.05) is 19.6 Å². The van der Waals surface area contributed by atoms with Crippen LogP contribution in [0.2, 0.25) is 19.6 Å². The molecule has 28 heavy (non-hydrogen) atoms. The summed E-state index contributed by atoms with van der Waals surface area (Å²) >= 11 is 0. The lowest BCUT2D eigenvalue weighted by molar-refractivity contribution is -0.174. The summed E-state index contributed by atoms with van der Waals surface area (Å²) in [5, 5.41) is 0. The van der Waals surface area contributed by atoms with Crippen LogP contribution in [-0.4, -0.2) is 45.7 Å². The van der Waals surface area contributed by atoms with Gasteiger partial charge in [-0.15, -0.1) is 0 Å². The second kappa shape index (κ2) is 13.7. The third-order valence-corrected chi connectivity index (χ3v) is 4.93. The van der Waals surface area contributed by atoms with E-state index in [0.717, 1.165) is 19.3 Å². The Bertz CT molecular complexity index is 487. The van der Waals surface area contributed by atoms with Crippen LogP contribution in [0.3, 0.4) is 0 Å². The normalized spacial score (nSPS) is 14.7. The molecule has 0 bridgehead atoms. The molecule has 0 spiro atoms. The number of carbonyl (C=O) groups excluding carboxylic acids is 3. The van der Waals surface area contributed by atoms with E-state index in [4.69, 9.17) is 18.6 Å². The second-order valence-corrected chi connectivity index (χ2v) is 12.3. The van der Waals surface area contributed by atoms with Crippen LogP contribution in [-0.2, 0) is 33.0 Å². The Morgan fingerprint density at radius 2 is 1.57 bits per heavy atom. The minimum atomic E-state index is -2.01. The molecule has 0 aliphatic heterocycles. The SMILES string of the molecule is CCCCC(CC(CC(=O)OCC)C(=O)OCC)C(OC(C)=O)O[Si](C)(C)C. The topological polar surface area (TPSA) is 88.1 Å². The molecule has 0 amide bonds. The van der Waals surface area contributed by atoms with E-state index >= 15 is 0 Å². The molecule has 0 rings (SSSR count). The summed E-state index contributed by atoms with van der Waals surface area (Å²) in [5.41, 5.74) is 0. The maximum absolute atomic E-state index is 12.5. The van der Waals surface area contributed by atoms with E-state index in [2.05, 4.69) is 6.92 Å². The molecule has 7 nitrogen and oxygen atoms in total. The Hall–Kier alpha value is -1.41. The van der Waals surface area contributed by atoms with Gasteiger partial charge in [-0.05, 0) is 46.3 Å². The highest BCUT2D eigenvalue weighted by molar-refractivity contribution is 6.69. The minimum absolute atomic E-state index is 0.0605. The molecule has 0 fully saturated rings. The van der Waals surface area contributed by atoms with Crippen LogP contribution >= 0.6 is 0 Å². The van der Waals surface area contributed by atoms with Crippen LogP contribution in [0.15, 0.2) is 0 Å². The summed E-state index contributed by atoms with van der Waals surface area (Å²) in [7, 11) is -2.01. The summed E-state index contributed by atoms with van der Waals surface area (Å²) in [6, 6.07) is 0. The van der Waals surface area contributed by atoms with Crippen LogP contribution in [0.5, 0.6) is 0 Å². The number of hydrogen-bond donors (Lipinski definition) is 0. The third kappa shape index (κ3) is 12.1. The molecule has 0 N–H and O–H groups in total. The summed E-state index contributed by atoms with van der Waals surface area (Å²) < 4.78 is 21.8. The predicted octanol–water partition coefficient (Wildman–Crippen LogP) is 4.06. The highest BCUT2D eigenvalue weighted by atomic mass is 28.4. The molecule has 0 aliphatic carbocycles. The zero-order valence-corrected chi connectivity index (χ0v) is 19.5. The first-order chi connectivity index (χ1) is 13.0. The molecule has 0 aromatic rings. The number of esters is 3. The minimum Gasteiger partial charge on any atom is -0.466 e. The van der Waals surface area contributed by atoms with Crippen LogP contribution in [0.25, 0.3) is 0 Å². The van der Waals surface area contributed by atoms with Gasteiger partial charge in [-0.25, -0.2) is 0 Å². The molecule has 0 saturated carbocycles. The fourth-order valence-corrected chi connectivity index (χ4v) is 3.81. The maximum Gasteiger partial charge on any atom is 0.309 e. The van der Waals surface area contributed by atoms with E-state index < -0.39 is 38.4 Å². The molecule has 164 valence electrons. The summed E-state index contributed by atoms with van der Waals surface area (Å²) in [6.45, 7) is 13.4. The van der Waals surface area contributed by atoms with Gasteiger partial charge in [0.1, 0.15) is 0 Å². The van der Waals surface area contributed by atoms with Crippen LogP contribution in [0.4, 0.5) is 0 Å². The highest BCUT2D eigenvalue weighted by Gasteiger charge is 2.35. The van der Waals surface area contributed by atoms with Crippen LogP contribution in [0, 0.1) is 11.8 Å². The predicted molar refractivity (Wildman–Crippen MR) is 109 cm³/mol. The first-order valence-electron chi connectivity index (χ1n) is 10.2. The molecule has 0 radical (unpaired) electrons. The number of rotatable bonds is 14. The van der Waals surface area contributed by atoms with Gasteiger partial charge in [-0.1, -0.05) is 19.8 Å². The smallest absolute Gasteiger partial charge is 0.309 e. The molecule has 8 heteroatoms. The first-order valence-corrected chi connectivity index (χ1v) is 13.6. The molecule has 0 heterocycles. The average Bonchev–Trinajstić information content (AvgIpc) is 2.55. The standard InChI is InChI=1S/C20H38O7Si/c1-8-11-12-16(20(26-15(4)21)27-28(5,6)7)13-17(19(23)25-10-3)14-18(22)24-9-2/h16-17,20H,8-14H2,1-7H3. The van der Waals surface area contributed by atoms with Crippen molar-refractivity contribution < 1.29 is 33.0 Å². The zero-order chi connectivity index (χ0) is 21.7. The van der Waals surface area contributed by atoms with Crippen molar-refractivity contribution in [1.82, 2.24) is 0 Å². The number of ether oxygens (including phenoxy) is 3. The Morgan fingerprint density at radius 3 is 2.04 bits per heavy atom. The van der Waals surface area contributed by atoms with E-state index in [9.17, 15) is 14.4 Å². The highest BCUT2D eigenvalue weighted by Crippen LogP contribution is 2.29. The molecule has 0 saturated heterocycles. The van der Waals surface area contributed by atoms with Crippen molar-refractivity contribution in [3.63, 3.8) is 0 Å². The van der Waals surface area contributed by atoms with E-state index in [0.29, 0.717) is 6.42 Å². The van der Waals surface area contributed by atoms with Gasteiger partial charge in [0.05, 0.1) is 25.6 Å². The lowest BCUT2D eigenvalue weighted by Gasteiger charge is -2.33. The van der Waals surface area contributed by atoms with Gasteiger partial charge < -0.3 is 18.6 Å². The molecule has 3 unspecified atom stereocenters. The van der Waals surface area contributed by atoms with Gasteiger partial charge in [0, 0.05) is 12.8 Å². The van der Waals surface area contributed by atoms with E-state index in [1.54, 1.807) is 13.8 Å². The van der Waals surface area contributed by atoms with Gasteiger partial charge >= 0.3 is 17.9 Å². The monoisotopic (exact) mass is 418 g/mol. The third-order valence-electron chi connectivity index (χ3n) is 3.99. The van der Waals surface area contributed by atoms with Crippen LogP contribution in [0.1, 0.15) is 59.8 Å². The Kier molecular flexibility index (Phi) is 13.0. The van der Waals surface area contributed by atoms with Crippen molar-refractivity contribution in [3.8, 4) is 0 Å². The molecular formula is C20H38O7Si. The Morgan fingerprint density at radius 1 is 0.964 bits per heavy atom. The molecule has 0 aliphatic rings. The lowest BCUT2D eigenvalue weighted by Crippen LogP contribution is -2.40. The average molecular weight is 419 g/mol. The van der Waals surface area contributed by atoms with Gasteiger partial charge in [-0.2, -0.15) is 0 Å². The van der Waals surface area contributed by atoms with Gasteiger partial charge in [-0.3, -0.25) is 14.4 Å². The summed E-state index contributed by atoms with van der Waals surface area (Å²) in [6.07, 6.45) is 2.10. The van der Waals surface area contributed by atoms with Crippen molar-refractivity contribution >= 4 is 26.2 Å². The first kappa shape index (κ1) is 26.6. The number of hydrogen-bond acceptors (Lipinski definition) is 7. The van der Waals surface area contributed by atoms with Gasteiger partial charge in [0.25, 0.3) is 0 Å². The maximum atomic E-state index is 12.5. The summed E-state index contributed by atoms with van der Waals surface area (Å²) in [4.78, 5) is 36.1. The van der Waals surface area contributed by atoms with E-state index in [-0.39, 0.29) is 25.6 Å². The Balaban J connectivity index is 5.57. The zero-order valence-electron chi connectivity index (χ0n) is 18.5. The van der Waals surface area contributed by atoms with Crippen molar-refractivity contribution in [2.75, 3.05) is 13.2 Å². The molecular weight excluding hydrogens is 380 g/mol. The fourth-order valence-electron chi connectivity index (χ4n) is 2.87. The largest absolute Gasteiger partial charge is 0.466 e. The molecule has 0 aromatic carbocycles. The summed E-state index contributed by atoms with van der Waals surface area (Å²) in [5.74, 6) is -2.18. The van der Waals surface area contributed by atoms with Crippen molar-refractivity contribution in [2.24, 2.45) is 11.8 Å². The van der Waals surface area contributed by atoms with Crippen LogP contribution < -0.4 is 0 Å². The molecule has 3 atom stereocenters. The molecule has 0 aromatic heterocycles. The van der Waals surface area contributed by atoms with Crippen molar-refractivity contribution in [1.29, 1.82) is 0 Å². The van der Waals surface area contributed by atoms with E-state index in [1.165, 1.54) is 6.92 Å². The quantitative estimate of drug-likeness (QED) is 0.182. The second-order valence-electron chi connectivity index (χ2n) is 7.80. The van der Waals surface area contributed by atoms with Gasteiger partial charge in [0.2, 0.25) is 0 Å². The number of unbranched alkanes of at least 4 members (excludes halogenated alkanes) is 1. The number of carbonyl (C=O) groups is 3. The Labute approximate surface area is 170 Å². The van der Waals surface area contributed by atoms with Crippen molar-refractivity contribution in [3.05, 3.63) is 0 Å². The fraction of sp³-hybridized carbons (Fsp3) is 0.850. The van der Waals surface area contributed by atoms with Crippen molar-refractivity contribution in [2.45, 2.75) is 85.7 Å².